The molecule has 5 nitrogen and oxygen atoms in total. The van der Waals surface area contributed by atoms with Crippen LogP contribution in [0.25, 0.3) is 0 Å². The summed E-state index contributed by atoms with van der Waals surface area (Å²) in [5.74, 6) is -1.19. The summed E-state index contributed by atoms with van der Waals surface area (Å²) in [6.07, 6.45) is 2.04. The molecule has 0 unspecified atom stereocenters. The molecule has 1 atom stereocenters. The average Bonchev–Trinajstić information content (AvgIpc) is 2.14. The SMILES string of the molecule is CCCCNC(=O)[C@@H](N)CCC(=O)O. The molecule has 0 aromatic heterocycles. The molecule has 82 valence electrons. The van der Waals surface area contributed by atoms with Gasteiger partial charge in [0.05, 0.1) is 6.04 Å². The van der Waals surface area contributed by atoms with Crippen molar-refractivity contribution in [2.75, 3.05) is 6.54 Å². The highest BCUT2D eigenvalue weighted by molar-refractivity contribution is 5.82. The molecule has 5 heteroatoms. The van der Waals surface area contributed by atoms with Gasteiger partial charge in [-0.1, -0.05) is 13.3 Å². The first-order chi connectivity index (χ1) is 6.57. The number of carbonyl (C=O) groups is 2. The van der Waals surface area contributed by atoms with E-state index in [-0.39, 0.29) is 18.7 Å². The zero-order valence-electron chi connectivity index (χ0n) is 8.45. The van der Waals surface area contributed by atoms with E-state index in [1.807, 2.05) is 6.92 Å². The maximum absolute atomic E-state index is 11.2. The molecule has 0 aromatic carbocycles. The summed E-state index contributed by atoms with van der Waals surface area (Å²) in [5, 5.41) is 11.0. The second kappa shape index (κ2) is 7.32. The van der Waals surface area contributed by atoms with Crippen molar-refractivity contribution in [3.8, 4) is 0 Å². The molecule has 0 aliphatic rings. The number of nitrogens with one attached hydrogen (secondary N) is 1. The fourth-order valence-electron chi connectivity index (χ4n) is 0.930. The van der Waals surface area contributed by atoms with Gasteiger partial charge >= 0.3 is 5.97 Å². The topological polar surface area (TPSA) is 92.4 Å². The zero-order valence-corrected chi connectivity index (χ0v) is 8.45. The Hall–Kier alpha value is -1.10. The van der Waals surface area contributed by atoms with Gasteiger partial charge in [-0.2, -0.15) is 0 Å². The molecular formula is C9H18N2O3. The van der Waals surface area contributed by atoms with Crippen molar-refractivity contribution in [1.29, 1.82) is 0 Å². The lowest BCUT2D eigenvalue weighted by atomic mass is 10.1. The van der Waals surface area contributed by atoms with Gasteiger partial charge < -0.3 is 16.2 Å². The molecular weight excluding hydrogens is 184 g/mol. The minimum absolute atomic E-state index is 0.0671. The van der Waals surface area contributed by atoms with Crippen molar-refractivity contribution < 1.29 is 14.7 Å². The highest BCUT2D eigenvalue weighted by Crippen LogP contribution is 1.94. The lowest BCUT2D eigenvalue weighted by Crippen LogP contribution is -2.41. The number of aliphatic carboxylic acids is 1. The van der Waals surface area contributed by atoms with E-state index in [0.29, 0.717) is 6.54 Å². The van der Waals surface area contributed by atoms with Crippen molar-refractivity contribution in [2.45, 2.75) is 38.6 Å². The Bertz CT molecular complexity index is 194. The lowest BCUT2D eigenvalue weighted by molar-refractivity contribution is -0.137. The van der Waals surface area contributed by atoms with Gasteiger partial charge in [-0.05, 0) is 12.8 Å². The molecule has 14 heavy (non-hydrogen) atoms. The Labute approximate surface area is 83.7 Å². The Morgan fingerprint density at radius 3 is 2.64 bits per heavy atom. The summed E-state index contributed by atoms with van der Waals surface area (Å²) >= 11 is 0. The van der Waals surface area contributed by atoms with E-state index in [1.54, 1.807) is 0 Å². The van der Waals surface area contributed by atoms with Crippen LogP contribution in [0.15, 0.2) is 0 Å². The third-order valence-electron chi connectivity index (χ3n) is 1.84. The second-order valence-corrected chi connectivity index (χ2v) is 3.18. The molecule has 0 aliphatic heterocycles. The third kappa shape index (κ3) is 6.42. The number of nitrogens with two attached hydrogens (primary N) is 1. The monoisotopic (exact) mass is 202 g/mol. The Morgan fingerprint density at radius 1 is 1.50 bits per heavy atom. The van der Waals surface area contributed by atoms with Crippen molar-refractivity contribution >= 4 is 11.9 Å². The summed E-state index contributed by atoms with van der Waals surface area (Å²) in [4.78, 5) is 21.4. The van der Waals surface area contributed by atoms with E-state index in [0.717, 1.165) is 12.8 Å². The molecule has 0 bridgehead atoms. The molecule has 0 rings (SSSR count). The average molecular weight is 202 g/mol. The number of hydrogen-bond acceptors (Lipinski definition) is 3. The van der Waals surface area contributed by atoms with E-state index >= 15 is 0 Å². The maximum Gasteiger partial charge on any atom is 0.303 e. The summed E-state index contributed by atoms with van der Waals surface area (Å²) < 4.78 is 0. The van der Waals surface area contributed by atoms with Crippen LogP contribution in [0.3, 0.4) is 0 Å². The highest BCUT2D eigenvalue weighted by atomic mass is 16.4. The van der Waals surface area contributed by atoms with Gasteiger partial charge in [0.1, 0.15) is 0 Å². The normalized spacial score (nSPS) is 12.1. The fourth-order valence-corrected chi connectivity index (χ4v) is 0.930. The minimum atomic E-state index is -0.929. The summed E-state index contributed by atoms with van der Waals surface area (Å²) in [7, 11) is 0. The zero-order chi connectivity index (χ0) is 11.0. The molecule has 4 N–H and O–H groups in total. The molecule has 0 aliphatic carbocycles. The van der Waals surface area contributed by atoms with Crippen LogP contribution in [0.2, 0.25) is 0 Å². The number of unbranched alkanes of at least 4 members (excludes halogenated alkanes) is 1. The first kappa shape index (κ1) is 12.9. The number of carboxylic acid groups (broad SMARTS) is 1. The van der Waals surface area contributed by atoms with Gasteiger partial charge in [0.2, 0.25) is 5.91 Å². The molecule has 0 saturated heterocycles. The number of carboxylic acids is 1. The second-order valence-electron chi connectivity index (χ2n) is 3.18. The van der Waals surface area contributed by atoms with Crippen molar-refractivity contribution in [2.24, 2.45) is 5.73 Å². The first-order valence-electron chi connectivity index (χ1n) is 4.83. The van der Waals surface area contributed by atoms with Crippen LogP contribution in [0, 0.1) is 0 Å². The van der Waals surface area contributed by atoms with Crippen LogP contribution >= 0.6 is 0 Å². The molecule has 0 heterocycles. The lowest BCUT2D eigenvalue weighted by Gasteiger charge is -2.10. The summed E-state index contributed by atoms with van der Waals surface area (Å²) in [6, 6.07) is -0.706. The van der Waals surface area contributed by atoms with E-state index in [2.05, 4.69) is 5.32 Å². The van der Waals surface area contributed by atoms with E-state index < -0.39 is 12.0 Å². The fraction of sp³-hybridized carbons (Fsp3) is 0.778. The Morgan fingerprint density at radius 2 is 2.14 bits per heavy atom. The van der Waals surface area contributed by atoms with Gasteiger partial charge in [0, 0.05) is 13.0 Å². The maximum atomic E-state index is 11.2. The quantitative estimate of drug-likeness (QED) is 0.510. The summed E-state index contributed by atoms with van der Waals surface area (Å²) in [5.41, 5.74) is 5.47. The van der Waals surface area contributed by atoms with Crippen LogP contribution in [0.1, 0.15) is 32.6 Å². The number of rotatable bonds is 7. The van der Waals surface area contributed by atoms with Crippen LogP contribution in [0.4, 0.5) is 0 Å². The van der Waals surface area contributed by atoms with Crippen molar-refractivity contribution in [3.05, 3.63) is 0 Å². The molecule has 0 aromatic rings. The molecule has 0 radical (unpaired) electrons. The van der Waals surface area contributed by atoms with Crippen LogP contribution in [-0.2, 0) is 9.59 Å². The Balaban J connectivity index is 3.59. The molecule has 0 fully saturated rings. The number of hydrogen-bond donors (Lipinski definition) is 3. The number of carbonyl (C=O) groups excluding carboxylic acids is 1. The van der Waals surface area contributed by atoms with E-state index in [1.165, 1.54) is 0 Å². The number of amides is 1. The molecule has 0 spiro atoms. The first-order valence-corrected chi connectivity index (χ1v) is 4.83. The largest absolute Gasteiger partial charge is 0.481 e. The van der Waals surface area contributed by atoms with Gasteiger partial charge in [0.25, 0.3) is 0 Å². The summed E-state index contributed by atoms with van der Waals surface area (Å²) in [6.45, 7) is 2.63. The predicted molar refractivity (Wildman–Crippen MR) is 52.8 cm³/mol. The van der Waals surface area contributed by atoms with Crippen LogP contribution in [0.5, 0.6) is 0 Å². The predicted octanol–water partition coefficient (Wildman–Crippen LogP) is 0.0948. The van der Waals surface area contributed by atoms with Gasteiger partial charge in [-0.25, -0.2) is 0 Å². The van der Waals surface area contributed by atoms with Crippen molar-refractivity contribution in [1.82, 2.24) is 5.32 Å². The van der Waals surface area contributed by atoms with E-state index in [4.69, 9.17) is 10.8 Å². The third-order valence-corrected chi connectivity index (χ3v) is 1.84. The van der Waals surface area contributed by atoms with E-state index in [9.17, 15) is 9.59 Å². The molecule has 1 amide bonds. The molecule has 0 saturated carbocycles. The van der Waals surface area contributed by atoms with Crippen LogP contribution < -0.4 is 11.1 Å². The minimum Gasteiger partial charge on any atom is -0.481 e. The van der Waals surface area contributed by atoms with Gasteiger partial charge in [0.15, 0.2) is 0 Å². The smallest absolute Gasteiger partial charge is 0.303 e. The van der Waals surface area contributed by atoms with Crippen molar-refractivity contribution in [3.63, 3.8) is 0 Å². The highest BCUT2D eigenvalue weighted by Gasteiger charge is 2.13. The van der Waals surface area contributed by atoms with Gasteiger partial charge in [-0.15, -0.1) is 0 Å². The standard InChI is InChI=1S/C9H18N2O3/c1-2-3-6-11-9(14)7(10)4-5-8(12)13/h7H,2-6,10H2,1H3,(H,11,14)(H,12,13)/t7-/m0/s1. The Kier molecular flexibility index (Phi) is 6.74. The van der Waals surface area contributed by atoms with Crippen LogP contribution in [-0.4, -0.2) is 29.6 Å². The van der Waals surface area contributed by atoms with Gasteiger partial charge in [-0.3, -0.25) is 9.59 Å².